The molecule has 9 aromatic carbocycles. The van der Waals surface area contributed by atoms with E-state index in [0.717, 1.165) is 82.8 Å². The largest absolute Gasteiger partial charge is 0.455 e. The van der Waals surface area contributed by atoms with Crippen LogP contribution in [0, 0.1) is 0 Å². The van der Waals surface area contributed by atoms with Crippen molar-refractivity contribution in [3.8, 4) is 22.3 Å². The molecule has 11 rings (SSSR count). The Balaban J connectivity index is 1.03. The molecule has 11 aromatic rings. The quantitative estimate of drug-likeness (QED) is 0.182. The fourth-order valence-corrected chi connectivity index (χ4v) is 8.13. The fraction of sp³-hybridized carbons (Fsp3) is 0. The van der Waals surface area contributed by atoms with Gasteiger partial charge in [-0.05, 0) is 87.6 Å². The minimum absolute atomic E-state index is 0.866. The van der Waals surface area contributed by atoms with E-state index in [0.29, 0.717) is 0 Å². The van der Waals surface area contributed by atoms with Crippen molar-refractivity contribution in [2.24, 2.45) is 0 Å². The Morgan fingerprint density at radius 3 is 1.75 bits per heavy atom. The van der Waals surface area contributed by atoms with Crippen molar-refractivity contribution in [1.29, 1.82) is 0 Å². The summed E-state index contributed by atoms with van der Waals surface area (Å²) in [5.41, 5.74) is 11.3. The average molecular weight is 678 g/mol. The van der Waals surface area contributed by atoms with E-state index in [4.69, 9.17) is 8.83 Å². The lowest BCUT2D eigenvalue weighted by molar-refractivity contribution is 0.672. The van der Waals surface area contributed by atoms with E-state index in [1.807, 2.05) is 0 Å². The maximum atomic E-state index is 6.79. The molecule has 0 fully saturated rings. The number of benzene rings is 9. The number of hydrogen-bond acceptors (Lipinski definition) is 3. The van der Waals surface area contributed by atoms with Gasteiger partial charge in [0.25, 0.3) is 0 Å². The zero-order valence-corrected chi connectivity index (χ0v) is 28.7. The van der Waals surface area contributed by atoms with Gasteiger partial charge in [-0.1, -0.05) is 133 Å². The second kappa shape index (κ2) is 11.7. The van der Waals surface area contributed by atoms with Crippen LogP contribution in [0.4, 0.5) is 17.1 Å². The molecule has 3 nitrogen and oxygen atoms in total. The van der Waals surface area contributed by atoms with Crippen LogP contribution in [0.3, 0.4) is 0 Å². The molecule has 2 aromatic heterocycles. The number of nitrogens with zero attached hydrogens (tertiary/aromatic N) is 1. The van der Waals surface area contributed by atoms with E-state index in [1.165, 1.54) is 21.9 Å². The molecule has 2 heterocycles. The van der Waals surface area contributed by atoms with Gasteiger partial charge in [0, 0.05) is 43.7 Å². The van der Waals surface area contributed by atoms with Crippen LogP contribution >= 0.6 is 0 Å². The Morgan fingerprint density at radius 2 is 0.925 bits per heavy atom. The van der Waals surface area contributed by atoms with Crippen LogP contribution in [0.25, 0.3) is 87.7 Å². The van der Waals surface area contributed by atoms with E-state index in [2.05, 4.69) is 193 Å². The van der Waals surface area contributed by atoms with Crippen molar-refractivity contribution >= 4 is 82.5 Å². The molecular formula is C50H31NO2. The molecule has 0 amide bonds. The monoisotopic (exact) mass is 677 g/mol. The number of rotatable bonds is 5. The van der Waals surface area contributed by atoms with Gasteiger partial charge in [0.1, 0.15) is 16.7 Å². The maximum absolute atomic E-state index is 6.79. The lowest BCUT2D eigenvalue weighted by Crippen LogP contribution is -2.10. The summed E-state index contributed by atoms with van der Waals surface area (Å²) in [6.07, 6.45) is 0. The third-order valence-electron chi connectivity index (χ3n) is 10.6. The fourth-order valence-electron chi connectivity index (χ4n) is 8.13. The molecule has 248 valence electrons. The topological polar surface area (TPSA) is 29.5 Å². The normalized spacial score (nSPS) is 11.8. The number of hydrogen-bond donors (Lipinski definition) is 0. The summed E-state index contributed by atoms with van der Waals surface area (Å²) in [6.45, 7) is 0. The van der Waals surface area contributed by atoms with Gasteiger partial charge in [0.15, 0.2) is 5.58 Å². The third-order valence-corrected chi connectivity index (χ3v) is 10.6. The highest BCUT2D eigenvalue weighted by molar-refractivity contribution is 6.20. The van der Waals surface area contributed by atoms with E-state index >= 15 is 0 Å². The van der Waals surface area contributed by atoms with E-state index < -0.39 is 0 Å². The molecule has 0 N–H and O–H groups in total. The molecular weight excluding hydrogens is 647 g/mol. The second-order valence-corrected chi connectivity index (χ2v) is 13.7. The maximum Gasteiger partial charge on any atom is 0.159 e. The van der Waals surface area contributed by atoms with Gasteiger partial charge < -0.3 is 13.7 Å². The molecule has 0 spiro atoms. The van der Waals surface area contributed by atoms with Crippen molar-refractivity contribution in [2.45, 2.75) is 0 Å². The van der Waals surface area contributed by atoms with Crippen molar-refractivity contribution < 1.29 is 8.83 Å². The summed E-state index contributed by atoms with van der Waals surface area (Å²) in [5, 5.41) is 9.07. The van der Waals surface area contributed by atoms with Gasteiger partial charge in [-0.2, -0.15) is 0 Å². The van der Waals surface area contributed by atoms with Gasteiger partial charge >= 0.3 is 0 Å². The molecule has 0 aliphatic rings. The standard InChI is InChI=1S/C50H31NO2/c1-3-12-33(13-4-1)44-31-45-40-28-25-35(30-47(40)52-49(45)41-19-10-9-18-39(41)44)32-22-26-37(27-23-32)51(36-15-5-2-6-16-36)46-21-11-20-42-43-29-24-34-14-7-8-17-38(34)48(43)53-50(42)46/h1-31H. The highest BCUT2D eigenvalue weighted by Gasteiger charge is 2.21. The molecule has 0 aliphatic carbocycles. The Morgan fingerprint density at radius 1 is 0.321 bits per heavy atom. The average Bonchev–Trinajstić information content (AvgIpc) is 3.81. The first-order chi connectivity index (χ1) is 26.3. The van der Waals surface area contributed by atoms with Crippen LogP contribution in [-0.2, 0) is 0 Å². The summed E-state index contributed by atoms with van der Waals surface area (Å²) in [7, 11) is 0. The first kappa shape index (κ1) is 29.6. The highest BCUT2D eigenvalue weighted by Crippen LogP contribution is 2.44. The molecule has 0 unspecified atom stereocenters. The molecule has 0 bridgehead atoms. The van der Waals surface area contributed by atoms with Crippen LogP contribution in [0.2, 0.25) is 0 Å². The summed E-state index contributed by atoms with van der Waals surface area (Å²) in [5.74, 6) is 0. The highest BCUT2D eigenvalue weighted by atomic mass is 16.3. The predicted octanol–water partition coefficient (Wildman–Crippen LogP) is 14.6. The number of para-hydroxylation sites is 2. The zero-order chi connectivity index (χ0) is 34.9. The minimum atomic E-state index is 0.866. The smallest absolute Gasteiger partial charge is 0.159 e. The van der Waals surface area contributed by atoms with Crippen molar-refractivity contribution in [2.75, 3.05) is 4.90 Å². The molecule has 53 heavy (non-hydrogen) atoms. The van der Waals surface area contributed by atoms with Crippen molar-refractivity contribution in [1.82, 2.24) is 0 Å². The summed E-state index contributed by atoms with van der Waals surface area (Å²) in [6, 6.07) is 66.5. The first-order valence-corrected chi connectivity index (χ1v) is 18.0. The lowest BCUT2D eigenvalue weighted by atomic mass is 9.95. The van der Waals surface area contributed by atoms with Gasteiger partial charge in [-0.25, -0.2) is 0 Å². The van der Waals surface area contributed by atoms with Crippen LogP contribution in [-0.4, -0.2) is 0 Å². The second-order valence-electron chi connectivity index (χ2n) is 13.7. The van der Waals surface area contributed by atoms with Gasteiger partial charge in [0.05, 0.1) is 5.69 Å². The van der Waals surface area contributed by atoms with Crippen LogP contribution < -0.4 is 4.90 Å². The minimum Gasteiger partial charge on any atom is -0.455 e. The molecule has 0 aliphatic heterocycles. The third kappa shape index (κ3) is 4.68. The zero-order valence-electron chi connectivity index (χ0n) is 28.7. The van der Waals surface area contributed by atoms with E-state index in [9.17, 15) is 0 Å². The molecule has 0 saturated heterocycles. The van der Waals surface area contributed by atoms with Crippen LogP contribution in [0.5, 0.6) is 0 Å². The molecule has 3 heteroatoms. The summed E-state index contributed by atoms with van der Waals surface area (Å²) in [4.78, 5) is 2.29. The Labute approximate surface area is 305 Å². The summed E-state index contributed by atoms with van der Waals surface area (Å²) >= 11 is 0. The number of fused-ring (bicyclic) bond motifs is 10. The van der Waals surface area contributed by atoms with E-state index in [-0.39, 0.29) is 0 Å². The number of anilines is 3. The summed E-state index contributed by atoms with van der Waals surface area (Å²) < 4.78 is 13.5. The molecule has 0 radical (unpaired) electrons. The lowest BCUT2D eigenvalue weighted by Gasteiger charge is -2.25. The van der Waals surface area contributed by atoms with Crippen LogP contribution in [0.15, 0.2) is 197 Å². The molecule has 0 atom stereocenters. The predicted molar refractivity (Wildman–Crippen MR) is 222 cm³/mol. The van der Waals surface area contributed by atoms with E-state index in [1.54, 1.807) is 0 Å². The van der Waals surface area contributed by atoms with Gasteiger partial charge in [0.2, 0.25) is 0 Å². The van der Waals surface area contributed by atoms with Gasteiger partial charge in [-0.15, -0.1) is 0 Å². The Bertz CT molecular complexity index is 3160. The molecule has 0 saturated carbocycles. The van der Waals surface area contributed by atoms with Crippen molar-refractivity contribution in [3.05, 3.63) is 188 Å². The van der Waals surface area contributed by atoms with Gasteiger partial charge in [-0.3, -0.25) is 0 Å². The SMILES string of the molecule is c1ccc(-c2cc3c4ccc(-c5ccc(N(c6ccccc6)c6cccc7c6oc6c8ccccc8ccc76)cc5)cc4oc3c3ccccc23)cc1. The Hall–Kier alpha value is -7.10. The first-order valence-electron chi connectivity index (χ1n) is 18.0. The van der Waals surface area contributed by atoms with Crippen molar-refractivity contribution in [3.63, 3.8) is 0 Å². The Kier molecular flexibility index (Phi) is 6.55. The van der Waals surface area contributed by atoms with Crippen LogP contribution in [0.1, 0.15) is 0 Å². The number of furan rings is 2.